The number of nitrogens with zero attached hydrogens (tertiary/aromatic N) is 1. The summed E-state index contributed by atoms with van der Waals surface area (Å²) in [5, 5.41) is 9.55. The molecule has 0 aliphatic heterocycles. The Balaban J connectivity index is 0.000000553. The van der Waals surface area contributed by atoms with Crippen LogP contribution in [0.2, 0.25) is 0 Å². The second-order valence-corrected chi connectivity index (χ2v) is 11.6. The monoisotopic (exact) mass is 579 g/mol. The molecule has 43 heavy (non-hydrogen) atoms. The summed E-state index contributed by atoms with van der Waals surface area (Å²) in [6.45, 7) is 20.7. The van der Waals surface area contributed by atoms with E-state index in [1.165, 1.54) is 33.6 Å². The molecule has 3 nitrogen and oxygen atoms in total. The highest BCUT2D eigenvalue weighted by atomic mass is 16.5. The lowest BCUT2D eigenvalue weighted by Crippen LogP contribution is -2.47. The standard InChI is InChI=1S/C32H35N.C8H18O2/c1-5-12-27(7-3)28(13-6-2)16-11-25-33(31-21-17-26(4)18-22-31)32-23-19-30(20-24-32)29-14-9-8-10-15-29;1-6-10-8(4,5)7(2,3)9/h5-7,9,11-24H,2,8,10,25H2,1,3-4H3;9H,6H2,1-5H3/b12-5-,16-11-,27-7+,28-13+;. The SMILES string of the molecule is C=C/C=C(\C=C/CN(c1ccc(C)cc1)c1ccc(C2=CCCC=C2)cc1)C(/C=C\C)=C/C.CCOC(C)(C)C(C)(C)O. The largest absolute Gasteiger partial charge is 0.387 e. The Labute approximate surface area is 262 Å². The molecule has 1 aliphatic carbocycles. The molecule has 230 valence electrons. The molecule has 0 heterocycles. The van der Waals surface area contributed by atoms with E-state index >= 15 is 0 Å². The molecule has 1 aliphatic rings. The fourth-order valence-electron chi connectivity index (χ4n) is 4.48. The Morgan fingerprint density at radius 2 is 1.56 bits per heavy atom. The Morgan fingerprint density at radius 1 is 0.930 bits per heavy atom. The van der Waals surface area contributed by atoms with E-state index < -0.39 is 11.2 Å². The summed E-state index contributed by atoms with van der Waals surface area (Å²) < 4.78 is 5.34. The summed E-state index contributed by atoms with van der Waals surface area (Å²) in [6.07, 6.45) is 23.7. The smallest absolute Gasteiger partial charge is 0.0906 e. The lowest BCUT2D eigenvalue weighted by atomic mass is 9.89. The second kappa shape index (κ2) is 17.5. The van der Waals surface area contributed by atoms with Gasteiger partial charge in [0.25, 0.3) is 0 Å². The normalized spacial score (nSPS) is 14.5. The Kier molecular flexibility index (Phi) is 14.4. The molecule has 0 fully saturated rings. The van der Waals surface area contributed by atoms with E-state index in [1.807, 2.05) is 33.8 Å². The minimum atomic E-state index is -0.775. The maximum absolute atomic E-state index is 9.55. The fraction of sp³-hybridized carbons (Fsp3) is 0.350. The van der Waals surface area contributed by atoms with Crippen LogP contribution < -0.4 is 4.90 Å². The minimum absolute atomic E-state index is 0.457. The first-order valence-corrected chi connectivity index (χ1v) is 15.4. The number of aryl methyl sites for hydroxylation is 1. The highest BCUT2D eigenvalue weighted by molar-refractivity contribution is 5.76. The van der Waals surface area contributed by atoms with E-state index in [9.17, 15) is 5.11 Å². The molecule has 1 N–H and O–H groups in total. The van der Waals surface area contributed by atoms with Crippen molar-refractivity contribution in [3.8, 4) is 0 Å². The zero-order chi connectivity index (χ0) is 31.9. The molecule has 3 rings (SSSR count). The Hall–Kier alpha value is -3.66. The van der Waals surface area contributed by atoms with Crippen LogP contribution in [0.15, 0.2) is 127 Å². The van der Waals surface area contributed by atoms with Gasteiger partial charge in [0.1, 0.15) is 0 Å². The highest BCUT2D eigenvalue weighted by Gasteiger charge is 2.35. The van der Waals surface area contributed by atoms with Gasteiger partial charge in [0.05, 0.1) is 11.2 Å². The number of benzene rings is 2. The van der Waals surface area contributed by atoms with Crippen LogP contribution in [-0.2, 0) is 4.74 Å². The summed E-state index contributed by atoms with van der Waals surface area (Å²) in [5.74, 6) is 0. The van der Waals surface area contributed by atoms with Crippen molar-refractivity contribution in [2.75, 3.05) is 18.1 Å². The summed E-state index contributed by atoms with van der Waals surface area (Å²) in [6, 6.07) is 17.6. The quantitative estimate of drug-likeness (QED) is 0.254. The average Bonchev–Trinajstić information content (AvgIpc) is 2.99. The summed E-state index contributed by atoms with van der Waals surface area (Å²) in [5.41, 5.74) is 7.33. The Morgan fingerprint density at radius 3 is 2.02 bits per heavy atom. The van der Waals surface area contributed by atoms with Crippen LogP contribution in [-0.4, -0.2) is 29.5 Å². The van der Waals surface area contributed by atoms with Gasteiger partial charge in [0, 0.05) is 24.5 Å². The van der Waals surface area contributed by atoms with Crippen molar-refractivity contribution in [1.29, 1.82) is 0 Å². The number of hydrogen-bond acceptors (Lipinski definition) is 3. The van der Waals surface area contributed by atoms with Crippen molar-refractivity contribution < 1.29 is 9.84 Å². The van der Waals surface area contributed by atoms with E-state index in [1.54, 1.807) is 13.8 Å². The van der Waals surface area contributed by atoms with Gasteiger partial charge in [-0.3, -0.25) is 0 Å². The molecule has 0 amide bonds. The van der Waals surface area contributed by atoms with Crippen LogP contribution in [0.25, 0.3) is 5.57 Å². The van der Waals surface area contributed by atoms with Crippen LogP contribution in [0.4, 0.5) is 11.4 Å². The van der Waals surface area contributed by atoms with Crippen molar-refractivity contribution >= 4 is 16.9 Å². The zero-order valence-corrected chi connectivity index (χ0v) is 27.7. The van der Waals surface area contributed by atoms with Gasteiger partial charge in [0.15, 0.2) is 0 Å². The van der Waals surface area contributed by atoms with Crippen molar-refractivity contribution in [3.63, 3.8) is 0 Å². The highest BCUT2D eigenvalue weighted by Crippen LogP contribution is 2.29. The van der Waals surface area contributed by atoms with E-state index in [2.05, 4.69) is 129 Å². The lowest BCUT2D eigenvalue weighted by Gasteiger charge is -2.36. The number of aliphatic hydroxyl groups is 1. The first-order chi connectivity index (χ1) is 20.5. The fourth-order valence-corrected chi connectivity index (χ4v) is 4.48. The molecule has 0 radical (unpaired) electrons. The molecular weight excluding hydrogens is 526 g/mol. The first kappa shape index (κ1) is 35.5. The number of ether oxygens (including phenoxy) is 1. The first-order valence-electron chi connectivity index (χ1n) is 15.4. The minimum Gasteiger partial charge on any atom is -0.387 e. The van der Waals surface area contributed by atoms with Gasteiger partial charge in [-0.2, -0.15) is 0 Å². The number of anilines is 2. The zero-order valence-electron chi connectivity index (χ0n) is 27.7. The van der Waals surface area contributed by atoms with Crippen molar-refractivity contribution in [2.45, 2.75) is 79.4 Å². The molecule has 0 atom stereocenters. The number of allylic oxidation sites excluding steroid dienone is 12. The lowest BCUT2D eigenvalue weighted by molar-refractivity contribution is -0.144. The number of rotatable bonds is 12. The predicted octanol–water partition coefficient (Wildman–Crippen LogP) is 10.6. The van der Waals surface area contributed by atoms with Crippen molar-refractivity contribution in [1.82, 2.24) is 0 Å². The van der Waals surface area contributed by atoms with E-state index in [0.717, 1.165) is 25.0 Å². The van der Waals surface area contributed by atoms with E-state index in [0.29, 0.717) is 6.61 Å². The van der Waals surface area contributed by atoms with Gasteiger partial charge < -0.3 is 14.7 Å². The van der Waals surface area contributed by atoms with Gasteiger partial charge >= 0.3 is 0 Å². The molecule has 0 saturated carbocycles. The molecule has 0 unspecified atom stereocenters. The van der Waals surface area contributed by atoms with E-state index in [4.69, 9.17) is 4.74 Å². The van der Waals surface area contributed by atoms with Gasteiger partial charge in [-0.1, -0.05) is 97.2 Å². The van der Waals surface area contributed by atoms with Crippen molar-refractivity contribution in [2.24, 2.45) is 0 Å². The van der Waals surface area contributed by atoms with Crippen molar-refractivity contribution in [3.05, 3.63) is 138 Å². The van der Waals surface area contributed by atoms with Crippen LogP contribution in [0.1, 0.15) is 72.4 Å². The third-order valence-electron chi connectivity index (χ3n) is 7.70. The maximum Gasteiger partial charge on any atom is 0.0906 e. The van der Waals surface area contributed by atoms with Crippen LogP contribution in [0.3, 0.4) is 0 Å². The average molecular weight is 580 g/mol. The van der Waals surface area contributed by atoms with E-state index in [-0.39, 0.29) is 0 Å². The molecule has 0 aromatic heterocycles. The van der Waals surface area contributed by atoms with Crippen LogP contribution >= 0.6 is 0 Å². The topological polar surface area (TPSA) is 32.7 Å². The summed E-state index contributed by atoms with van der Waals surface area (Å²) >= 11 is 0. The number of hydrogen-bond donors (Lipinski definition) is 1. The molecule has 0 saturated heterocycles. The van der Waals surface area contributed by atoms with Gasteiger partial charge in [0.2, 0.25) is 0 Å². The maximum atomic E-state index is 9.55. The molecular formula is C40H53NO2. The van der Waals surface area contributed by atoms with Gasteiger partial charge in [-0.15, -0.1) is 0 Å². The summed E-state index contributed by atoms with van der Waals surface area (Å²) in [7, 11) is 0. The van der Waals surface area contributed by atoms with Crippen LogP contribution in [0, 0.1) is 6.92 Å². The van der Waals surface area contributed by atoms with Crippen LogP contribution in [0.5, 0.6) is 0 Å². The second-order valence-electron chi connectivity index (χ2n) is 11.6. The molecule has 0 bridgehead atoms. The summed E-state index contributed by atoms with van der Waals surface area (Å²) in [4.78, 5) is 2.35. The van der Waals surface area contributed by atoms with Gasteiger partial charge in [-0.05, 0) is 115 Å². The molecule has 3 heteroatoms. The molecule has 2 aromatic rings. The molecule has 0 spiro atoms. The Bertz CT molecular complexity index is 1320. The third-order valence-corrected chi connectivity index (χ3v) is 7.70. The predicted molar refractivity (Wildman–Crippen MR) is 189 cm³/mol. The third kappa shape index (κ3) is 11.2. The van der Waals surface area contributed by atoms with Gasteiger partial charge in [-0.25, -0.2) is 0 Å². The molecule has 2 aromatic carbocycles.